The maximum Gasteiger partial charge on any atom is 1.00 e. The number of nitrogens with two attached hydrogens (primary N) is 1. The van der Waals surface area contributed by atoms with Crippen molar-refractivity contribution in [1.29, 1.82) is 0 Å². The van der Waals surface area contributed by atoms with E-state index in [0.717, 1.165) is 6.42 Å². The third-order valence-corrected chi connectivity index (χ3v) is 2.71. The summed E-state index contributed by atoms with van der Waals surface area (Å²) in [4.78, 5) is 0. The van der Waals surface area contributed by atoms with Crippen molar-refractivity contribution in [3.8, 4) is 0 Å². The van der Waals surface area contributed by atoms with Crippen molar-refractivity contribution in [3.05, 3.63) is 5.92 Å². The quantitative estimate of drug-likeness (QED) is 0.566. The predicted molar refractivity (Wildman–Crippen MR) is 67.2 cm³/mol. The third kappa shape index (κ3) is 13.5. The first-order valence-electron chi connectivity index (χ1n) is 5.94. The molecule has 2 heteroatoms. The molecule has 0 aliphatic heterocycles. The third-order valence-electron chi connectivity index (χ3n) is 2.71. The first kappa shape index (κ1) is 21.8. The average molecular weight is 239 g/mol. The summed E-state index contributed by atoms with van der Waals surface area (Å²) < 4.78 is 0. The van der Waals surface area contributed by atoms with Gasteiger partial charge in [-0.1, -0.05) is 34.1 Å². The predicted octanol–water partition coefficient (Wildman–Crippen LogP) is 1.17. The molecule has 0 spiro atoms. The Kier molecular flexibility index (Phi) is 17.6. The second kappa shape index (κ2) is 12.1. The van der Waals surface area contributed by atoms with Crippen LogP contribution < -0.4 is 57.1 Å². The van der Waals surface area contributed by atoms with Gasteiger partial charge in [-0.25, -0.2) is 0 Å². The van der Waals surface area contributed by atoms with Crippen LogP contribution in [0.1, 0.15) is 67.7 Å². The summed E-state index contributed by atoms with van der Waals surface area (Å²) >= 11 is 0. The van der Waals surface area contributed by atoms with Crippen LogP contribution >= 0.6 is 0 Å². The summed E-state index contributed by atoms with van der Waals surface area (Å²) in [5, 5.41) is 0. The zero-order chi connectivity index (χ0) is 11.8. The molecule has 0 saturated carbocycles. The van der Waals surface area contributed by atoms with Gasteiger partial charge in [0.2, 0.25) is 0 Å². The van der Waals surface area contributed by atoms with Gasteiger partial charge < -0.3 is 11.7 Å². The average Bonchev–Trinajstić information content (AvgIpc) is 2.06. The van der Waals surface area contributed by atoms with Crippen LogP contribution in [0.25, 0.3) is 0 Å². The molecule has 0 radical (unpaired) electrons. The van der Waals surface area contributed by atoms with Gasteiger partial charge in [0.05, 0.1) is 0 Å². The van der Waals surface area contributed by atoms with Gasteiger partial charge in [0.1, 0.15) is 0 Å². The van der Waals surface area contributed by atoms with E-state index in [9.17, 15) is 0 Å². The molecular weight excluding hydrogens is 209 g/mol. The van der Waals surface area contributed by atoms with Gasteiger partial charge in [0.15, 0.2) is 0 Å². The maximum absolute atomic E-state index is 6.14. The molecule has 0 heterocycles. The van der Waals surface area contributed by atoms with E-state index in [2.05, 4.69) is 34.6 Å². The Labute approximate surface area is 140 Å². The van der Waals surface area contributed by atoms with Crippen LogP contribution in [0.2, 0.25) is 0 Å². The Hall–Kier alpha value is 1.60. The number of hydrogen-bond donors (Lipinski definition) is 1. The van der Waals surface area contributed by atoms with Crippen LogP contribution in [0.5, 0.6) is 0 Å². The Morgan fingerprint density at radius 1 is 1.20 bits per heavy atom. The Morgan fingerprint density at radius 2 is 1.60 bits per heavy atom. The molecule has 0 saturated heterocycles. The fraction of sp³-hybridized carbons (Fsp3) is 0.923. The molecule has 0 fully saturated rings. The molecule has 0 aromatic rings. The van der Waals surface area contributed by atoms with Crippen molar-refractivity contribution in [2.75, 3.05) is 0 Å². The zero-order valence-electron chi connectivity index (χ0n) is 12.3. The second-order valence-corrected chi connectivity index (χ2v) is 4.72. The van der Waals surface area contributed by atoms with Crippen molar-refractivity contribution in [3.63, 3.8) is 0 Å². The molecule has 0 bridgehead atoms. The SMILES string of the molecule is CC.C[C-](C)CCCC(C)(N)C(C)C.[K+]. The van der Waals surface area contributed by atoms with Crippen LogP contribution in [0.15, 0.2) is 0 Å². The molecule has 0 aromatic heterocycles. The van der Waals surface area contributed by atoms with Gasteiger partial charge in [-0.2, -0.15) is 20.3 Å². The standard InChI is InChI=1S/C11H24N.C2H6.K/c1-9(2)7-6-8-11(5,12)10(3)4;1-2;/h10H,6-8,12H2,1-5H3;1-2H3;/q-1;;+1. The Morgan fingerprint density at radius 3 is 1.87 bits per heavy atom. The van der Waals surface area contributed by atoms with Crippen molar-refractivity contribution in [1.82, 2.24) is 0 Å². The minimum absolute atomic E-state index is 0. The summed E-state index contributed by atoms with van der Waals surface area (Å²) in [5.74, 6) is 2.09. The molecule has 88 valence electrons. The maximum atomic E-state index is 6.14. The van der Waals surface area contributed by atoms with Crippen LogP contribution in [-0.2, 0) is 0 Å². The van der Waals surface area contributed by atoms with Crippen LogP contribution in [0.4, 0.5) is 0 Å². The molecule has 0 aliphatic carbocycles. The van der Waals surface area contributed by atoms with E-state index in [1.807, 2.05) is 13.8 Å². The Balaban J connectivity index is -0.000000449. The Bertz CT molecular complexity index is 120. The fourth-order valence-corrected chi connectivity index (χ4v) is 1.11. The minimum atomic E-state index is 0. The zero-order valence-corrected chi connectivity index (χ0v) is 15.4. The van der Waals surface area contributed by atoms with E-state index < -0.39 is 0 Å². The number of hydrogen-bond acceptors (Lipinski definition) is 1. The monoisotopic (exact) mass is 239 g/mol. The van der Waals surface area contributed by atoms with E-state index in [-0.39, 0.29) is 56.9 Å². The van der Waals surface area contributed by atoms with E-state index in [1.165, 1.54) is 18.8 Å². The van der Waals surface area contributed by atoms with Crippen LogP contribution in [0, 0.1) is 11.8 Å². The van der Waals surface area contributed by atoms with Crippen molar-refractivity contribution in [2.24, 2.45) is 11.7 Å². The first-order valence-corrected chi connectivity index (χ1v) is 5.94. The number of rotatable bonds is 5. The first-order chi connectivity index (χ1) is 6.36. The van der Waals surface area contributed by atoms with Crippen molar-refractivity contribution >= 4 is 0 Å². The van der Waals surface area contributed by atoms with Gasteiger partial charge in [0, 0.05) is 5.54 Å². The van der Waals surface area contributed by atoms with Gasteiger partial charge in [-0.3, -0.25) is 0 Å². The van der Waals surface area contributed by atoms with Crippen molar-refractivity contribution < 1.29 is 51.4 Å². The van der Waals surface area contributed by atoms with Gasteiger partial charge in [0.25, 0.3) is 0 Å². The molecule has 15 heavy (non-hydrogen) atoms. The summed E-state index contributed by atoms with van der Waals surface area (Å²) in [6.07, 6.45) is 3.59. The van der Waals surface area contributed by atoms with Gasteiger partial charge in [-0.15, -0.1) is 0 Å². The van der Waals surface area contributed by atoms with E-state index in [1.54, 1.807) is 0 Å². The summed E-state index contributed by atoms with van der Waals surface area (Å²) in [6, 6.07) is 0. The molecule has 0 aromatic carbocycles. The van der Waals surface area contributed by atoms with Gasteiger partial charge in [-0.05, 0) is 19.3 Å². The second-order valence-electron chi connectivity index (χ2n) is 4.72. The van der Waals surface area contributed by atoms with E-state index in [4.69, 9.17) is 5.73 Å². The fourth-order valence-electron chi connectivity index (χ4n) is 1.11. The van der Waals surface area contributed by atoms with Gasteiger partial charge >= 0.3 is 51.4 Å². The van der Waals surface area contributed by atoms with E-state index >= 15 is 0 Å². The molecule has 1 unspecified atom stereocenters. The molecular formula is C13H30KN. The molecule has 1 atom stereocenters. The smallest absolute Gasteiger partial charge is 0.325 e. The van der Waals surface area contributed by atoms with E-state index in [0.29, 0.717) is 5.92 Å². The summed E-state index contributed by atoms with van der Waals surface area (Å²) in [7, 11) is 0. The molecule has 2 N–H and O–H groups in total. The normalized spacial score (nSPS) is 14.0. The van der Waals surface area contributed by atoms with Crippen molar-refractivity contribution in [2.45, 2.75) is 73.3 Å². The van der Waals surface area contributed by atoms with Crippen LogP contribution in [-0.4, -0.2) is 5.54 Å². The topological polar surface area (TPSA) is 26.0 Å². The summed E-state index contributed by atoms with van der Waals surface area (Å²) in [6.45, 7) is 14.9. The largest absolute Gasteiger partial charge is 1.00 e. The minimum Gasteiger partial charge on any atom is -0.325 e. The molecule has 1 nitrogen and oxygen atoms in total. The molecule has 0 rings (SSSR count). The molecule has 0 aliphatic rings. The molecule has 0 amide bonds. The van der Waals surface area contributed by atoms with Crippen LogP contribution in [0.3, 0.4) is 0 Å². The summed E-state index contributed by atoms with van der Waals surface area (Å²) in [5.41, 5.74) is 6.16.